The van der Waals surface area contributed by atoms with Crippen LogP contribution in [0.4, 0.5) is 13.2 Å². The minimum absolute atomic E-state index is 0.415. The Kier molecular flexibility index (Phi) is 4.96. The number of halogens is 3. The lowest BCUT2D eigenvalue weighted by atomic mass is 10.1. The Balaban J connectivity index is 2.28. The Hall–Kier alpha value is -1.07. The summed E-state index contributed by atoms with van der Waals surface area (Å²) in [6.45, 7) is 1.91. The first kappa shape index (κ1) is 14.0. The van der Waals surface area contributed by atoms with E-state index in [1.807, 2.05) is 31.2 Å². The molecule has 0 amide bonds. The van der Waals surface area contributed by atoms with Gasteiger partial charge in [0.2, 0.25) is 0 Å². The SMILES string of the molecule is Cc1ccccc1CCNCC(O)C(F)(F)F. The molecule has 0 radical (unpaired) electrons. The summed E-state index contributed by atoms with van der Waals surface area (Å²) in [7, 11) is 0. The largest absolute Gasteiger partial charge is 0.415 e. The highest BCUT2D eigenvalue weighted by atomic mass is 19.4. The number of aliphatic hydroxyl groups excluding tert-OH is 1. The molecule has 1 unspecified atom stereocenters. The molecule has 96 valence electrons. The number of nitrogens with one attached hydrogen (secondary N) is 1. The van der Waals surface area contributed by atoms with Gasteiger partial charge in [-0.15, -0.1) is 0 Å². The second kappa shape index (κ2) is 6.02. The van der Waals surface area contributed by atoms with Crippen molar-refractivity contribution in [1.82, 2.24) is 5.32 Å². The Labute approximate surface area is 98.5 Å². The van der Waals surface area contributed by atoms with Crippen molar-refractivity contribution in [2.75, 3.05) is 13.1 Å². The molecule has 17 heavy (non-hydrogen) atoms. The first-order valence-corrected chi connectivity index (χ1v) is 5.41. The fraction of sp³-hybridized carbons (Fsp3) is 0.500. The molecule has 0 aliphatic carbocycles. The number of aryl methyl sites for hydroxylation is 1. The smallest absolute Gasteiger partial charge is 0.382 e. The molecule has 0 spiro atoms. The molecule has 0 aliphatic rings. The van der Waals surface area contributed by atoms with Crippen molar-refractivity contribution in [3.8, 4) is 0 Å². The molecule has 5 heteroatoms. The van der Waals surface area contributed by atoms with Gasteiger partial charge in [-0.05, 0) is 31.0 Å². The van der Waals surface area contributed by atoms with Crippen LogP contribution in [0.2, 0.25) is 0 Å². The Morgan fingerprint density at radius 1 is 1.29 bits per heavy atom. The molecule has 2 N–H and O–H groups in total. The van der Waals surface area contributed by atoms with Gasteiger partial charge in [0, 0.05) is 6.54 Å². The minimum atomic E-state index is -4.55. The molecule has 0 aromatic heterocycles. The average molecular weight is 247 g/mol. The highest BCUT2D eigenvalue weighted by Gasteiger charge is 2.37. The molecule has 1 rings (SSSR count). The molecule has 0 heterocycles. The number of aliphatic hydroxyl groups is 1. The van der Waals surface area contributed by atoms with E-state index in [1.165, 1.54) is 0 Å². The number of alkyl halides is 3. The van der Waals surface area contributed by atoms with E-state index in [4.69, 9.17) is 5.11 Å². The highest BCUT2D eigenvalue weighted by molar-refractivity contribution is 5.25. The first-order valence-electron chi connectivity index (χ1n) is 5.41. The van der Waals surface area contributed by atoms with Crippen LogP contribution in [0.5, 0.6) is 0 Å². The fourth-order valence-electron chi connectivity index (χ4n) is 1.47. The van der Waals surface area contributed by atoms with Gasteiger partial charge in [-0.25, -0.2) is 0 Å². The molecule has 0 aliphatic heterocycles. The van der Waals surface area contributed by atoms with Gasteiger partial charge in [-0.3, -0.25) is 0 Å². The molecule has 1 aromatic rings. The Morgan fingerprint density at radius 2 is 1.94 bits per heavy atom. The van der Waals surface area contributed by atoms with Crippen LogP contribution in [-0.2, 0) is 6.42 Å². The maximum Gasteiger partial charge on any atom is 0.415 e. The number of benzene rings is 1. The zero-order valence-corrected chi connectivity index (χ0v) is 9.59. The van der Waals surface area contributed by atoms with Crippen LogP contribution in [0.1, 0.15) is 11.1 Å². The molecule has 1 atom stereocenters. The van der Waals surface area contributed by atoms with E-state index >= 15 is 0 Å². The predicted octanol–water partition coefficient (Wildman–Crippen LogP) is 2.05. The summed E-state index contributed by atoms with van der Waals surface area (Å²) in [5, 5.41) is 11.3. The lowest BCUT2D eigenvalue weighted by molar-refractivity contribution is -0.201. The van der Waals surface area contributed by atoms with Crippen molar-refractivity contribution in [2.24, 2.45) is 0 Å². The molecule has 0 fully saturated rings. The van der Waals surface area contributed by atoms with Crippen molar-refractivity contribution in [3.05, 3.63) is 35.4 Å². The standard InChI is InChI=1S/C12H16F3NO/c1-9-4-2-3-5-10(9)6-7-16-8-11(17)12(13,14)15/h2-5,11,16-17H,6-8H2,1H3. The first-order chi connectivity index (χ1) is 7.91. The number of hydrogen-bond acceptors (Lipinski definition) is 2. The lowest BCUT2D eigenvalue weighted by Crippen LogP contribution is -2.39. The third kappa shape index (κ3) is 4.75. The second-order valence-corrected chi connectivity index (χ2v) is 3.94. The molecular formula is C12H16F3NO. The van der Waals surface area contributed by atoms with Gasteiger partial charge in [0.15, 0.2) is 6.10 Å². The van der Waals surface area contributed by atoms with Crippen molar-refractivity contribution < 1.29 is 18.3 Å². The van der Waals surface area contributed by atoms with Gasteiger partial charge in [0.1, 0.15) is 0 Å². The zero-order chi connectivity index (χ0) is 12.9. The van der Waals surface area contributed by atoms with Crippen LogP contribution in [-0.4, -0.2) is 30.5 Å². The Morgan fingerprint density at radius 3 is 2.53 bits per heavy atom. The summed E-state index contributed by atoms with van der Waals surface area (Å²) in [6.07, 6.45) is -6.19. The van der Waals surface area contributed by atoms with Gasteiger partial charge in [-0.2, -0.15) is 13.2 Å². The quantitative estimate of drug-likeness (QED) is 0.780. The minimum Gasteiger partial charge on any atom is -0.382 e. The summed E-state index contributed by atoms with van der Waals surface area (Å²) in [4.78, 5) is 0. The van der Waals surface area contributed by atoms with Crippen LogP contribution >= 0.6 is 0 Å². The molecule has 0 saturated heterocycles. The van der Waals surface area contributed by atoms with Gasteiger partial charge < -0.3 is 10.4 Å². The molecular weight excluding hydrogens is 231 g/mol. The van der Waals surface area contributed by atoms with Crippen molar-refractivity contribution in [1.29, 1.82) is 0 Å². The monoisotopic (exact) mass is 247 g/mol. The van der Waals surface area contributed by atoms with Crippen LogP contribution in [0.25, 0.3) is 0 Å². The van der Waals surface area contributed by atoms with E-state index in [9.17, 15) is 13.2 Å². The van der Waals surface area contributed by atoms with E-state index in [2.05, 4.69) is 5.32 Å². The topological polar surface area (TPSA) is 32.3 Å². The molecule has 1 aromatic carbocycles. The van der Waals surface area contributed by atoms with E-state index in [0.29, 0.717) is 13.0 Å². The van der Waals surface area contributed by atoms with E-state index < -0.39 is 18.8 Å². The lowest BCUT2D eigenvalue weighted by Gasteiger charge is -2.15. The summed E-state index contributed by atoms with van der Waals surface area (Å²) in [5.41, 5.74) is 2.21. The van der Waals surface area contributed by atoms with Gasteiger partial charge in [-0.1, -0.05) is 24.3 Å². The molecule has 0 saturated carbocycles. The summed E-state index contributed by atoms with van der Waals surface area (Å²) >= 11 is 0. The second-order valence-electron chi connectivity index (χ2n) is 3.94. The number of hydrogen-bond donors (Lipinski definition) is 2. The normalized spacial score (nSPS) is 13.7. The third-order valence-corrected chi connectivity index (χ3v) is 2.55. The maximum atomic E-state index is 12.0. The Bertz CT molecular complexity index is 352. The molecule has 2 nitrogen and oxygen atoms in total. The van der Waals surface area contributed by atoms with E-state index in [0.717, 1.165) is 11.1 Å². The fourth-order valence-corrected chi connectivity index (χ4v) is 1.47. The average Bonchev–Trinajstić information content (AvgIpc) is 2.25. The van der Waals surface area contributed by atoms with Gasteiger partial charge in [0.05, 0.1) is 0 Å². The summed E-state index contributed by atoms with van der Waals surface area (Å²) < 4.78 is 35.9. The van der Waals surface area contributed by atoms with Crippen LogP contribution in [0.15, 0.2) is 24.3 Å². The van der Waals surface area contributed by atoms with Crippen molar-refractivity contribution >= 4 is 0 Å². The molecule has 0 bridgehead atoms. The predicted molar refractivity (Wildman–Crippen MR) is 59.8 cm³/mol. The van der Waals surface area contributed by atoms with Crippen LogP contribution in [0.3, 0.4) is 0 Å². The van der Waals surface area contributed by atoms with Crippen LogP contribution < -0.4 is 5.32 Å². The zero-order valence-electron chi connectivity index (χ0n) is 9.59. The van der Waals surface area contributed by atoms with Crippen LogP contribution in [0, 0.1) is 6.92 Å². The van der Waals surface area contributed by atoms with E-state index in [1.54, 1.807) is 0 Å². The summed E-state index contributed by atoms with van der Waals surface area (Å²) in [5.74, 6) is 0. The maximum absolute atomic E-state index is 12.0. The third-order valence-electron chi connectivity index (χ3n) is 2.55. The highest BCUT2D eigenvalue weighted by Crippen LogP contribution is 2.19. The van der Waals surface area contributed by atoms with Gasteiger partial charge in [0.25, 0.3) is 0 Å². The van der Waals surface area contributed by atoms with E-state index in [-0.39, 0.29) is 0 Å². The van der Waals surface area contributed by atoms with Crippen molar-refractivity contribution in [3.63, 3.8) is 0 Å². The number of rotatable bonds is 5. The van der Waals surface area contributed by atoms with Crippen molar-refractivity contribution in [2.45, 2.75) is 25.6 Å². The van der Waals surface area contributed by atoms with Gasteiger partial charge >= 0.3 is 6.18 Å². The summed E-state index contributed by atoms with van der Waals surface area (Å²) in [6, 6.07) is 7.71.